The van der Waals surface area contributed by atoms with Crippen LogP contribution in [0.4, 0.5) is 18.0 Å². The molecule has 6 nitrogen and oxygen atoms in total. The fraction of sp³-hybridized carbons (Fsp3) is 0.562. The summed E-state index contributed by atoms with van der Waals surface area (Å²) in [5.41, 5.74) is -1.86. The Morgan fingerprint density at radius 1 is 1.28 bits per heavy atom. The maximum Gasteiger partial charge on any atom is 0.419 e. The molecule has 0 saturated carbocycles. The highest BCUT2D eigenvalue weighted by atomic mass is 19.4. The summed E-state index contributed by atoms with van der Waals surface area (Å²) in [6, 6.07) is 3.21. The molecule has 1 amide bonds. The van der Waals surface area contributed by atoms with Crippen molar-refractivity contribution in [2.75, 3.05) is 13.2 Å². The number of carboxylic acid groups (broad SMARTS) is 1. The van der Waals surface area contributed by atoms with Crippen molar-refractivity contribution < 1.29 is 37.7 Å². The number of hydrogen-bond acceptors (Lipinski definition) is 4. The Hall–Kier alpha value is -2.00. The van der Waals surface area contributed by atoms with E-state index in [1.54, 1.807) is 13.8 Å². The molecule has 0 unspecified atom stereocenters. The van der Waals surface area contributed by atoms with E-state index in [1.165, 1.54) is 6.07 Å². The largest absolute Gasteiger partial charge is 0.507 e. The fourth-order valence-electron chi connectivity index (χ4n) is 2.56. The molecule has 0 atom stereocenters. The summed E-state index contributed by atoms with van der Waals surface area (Å²) in [4.78, 5) is 11.1. The van der Waals surface area contributed by atoms with Crippen molar-refractivity contribution in [3.05, 3.63) is 29.3 Å². The number of halogens is 3. The molecule has 0 spiro atoms. The SMILES string of the molecule is CC1(C)OCC(CCc2ccc(O)c(C(F)(F)F)c2)(NC(=O)O)CO1. The van der Waals surface area contributed by atoms with E-state index in [0.29, 0.717) is 5.56 Å². The second-order valence-electron chi connectivity index (χ2n) is 6.54. The van der Waals surface area contributed by atoms with Gasteiger partial charge >= 0.3 is 12.3 Å². The minimum atomic E-state index is -4.67. The molecule has 1 heterocycles. The Morgan fingerprint density at radius 2 is 1.88 bits per heavy atom. The van der Waals surface area contributed by atoms with Crippen molar-refractivity contribution in [2.24, 2.45) is 0 Å². The summed E-state index contributed by atoms with van der Waals surface area (Å²) >= 11 is 0. The van der Waals surface area contributed by atoms with Crippen LogP contribution in [0.2, 0.25) is 0 Å². The highest BCUT2D eigenvalue weighted by Crippen LogP contribution is 2.36. The molecular formula is C16H20F3NO5. The van der Waals surface area contributed by atoms with Crippen LogP contribution < -0.4 is 5.32 Å². The number of nitrogens with one attached hydrogen (secondary N) is 1. The summed E-state index contributed by atoms with van der Waals surface area (Å²) < 4.78 is 49.6. The van der Waals surface area contributed by atoms with Crippen LogP contribution >= 0.6 is 0 Å². The molecular weight excluding hydrogens is 343 g/mol. The Bertz CT molecular complexity index is 635. The molecule has 140 valence electrons. The van der Waals surface area contributed by atoms with Gasteiger partial charge in [0.15, 0.2) is 5.79 Å². The topological polar surface area (TPSA) is 88.0 Å². The van der Waals surface area contributed by atoms with Crippen LogP contribution in [0.1, 0.15) is 31.4 Å². The van der Waals surface area contributed by atoms with Gasteiger partial charge in [-0.1, -0.05) is 6.07 Å². The lowest BCUT2D eigenvalue weighted by Crippen LogP contribution is -2.61. The van der Waals surface area contributed by atoms with Gasteiger partial charge < -0.3 is 25.0 Å². The average Bonchev–Trinajstić information content (AvgIpc) is 2.48. The number of hydrogen-bond donors (Lipinski definition) is 3. The van der Waals surface area contributed by atoms with Crippen molar-refractivity contribution >= 4 is 6.09 Å². The predicted molar refractivity (Wildman–Crippen MR) is 81.3 cm³/mol. The van der Waals surface area contributed by atoms with Gasteiger partial charge in [-0.2, -0.15) is 13.2 Å². The van der Waals surface area contributed by atoms with Crippen LogP contribution in [-0.2, 0) is 22.1 Å². The quantitative estimate of drug-likeness (QED) is 0.765. The normalized spacial score (nSPS) is 19.4. The van der Waals surface area contributed by atoms with Gasteiger partial charge in [0, 0.05) is 0 Å². The lowest BCUT2D eigenvalue weighted by Gasteiger charge is -2.43. The zero-order chi connectivity index (χ0) is 18.9. The van der Waals surface area contributed by atoms with E-state index >= 15 is 0 Å². The Kier molecular flexibility index (Phi) is 5.19. The number of rotatable bonds is 4. The lowest BCUT2D eigenvalue weighted by molar-refractivity contribution is -0.271. The minimum absolute atomic E-state index is 0.0382. The summed E-state index contributed by atoms with van der Waals surface area (Å²) in [5.74, 6) is -1.70. The van der Waals surface area contributed by atoms with Crippen molar-refractivity contribution in [3.63, 3.8) is 0 Å². The molecule has 1 aromatic carbocycles. The summed E-state index contributed by atoms with van der Waals surface area (Å²) in [7, 11) is 0. The van der Waals surface area contributed by atoms with E-state index in [2.05, 4.69) is 5.32 Å². The third-order valence-corrected chi connectivity index (χ3v) is 4.02. The number of alkyl halides is 3. The Balaban J connectivity index is 2.15. The molecule has 0 radical (unpaired) electrons. The van der Waals surface area contributed by atoms with Crippen LogP contribution in [0.25, 0.3) is 0 Å². The molecule has 0 aromatic heterocycles. The molecule has 0 aliphatic carbocycles. The molecule has 1 aliphatic rings. The molecule has 9 heteroatoms. The summed E-state index contributed by atoms with van der Waals surface area (Å²) in [6.07, 6.45) is -5.61. The monoisotopic (exact) mass is 363 g/mol. The van der Waals surface area contributed by atoms with Crippen molar-refractivity contribution in [1.82, 2.24) is 5.32 Å². The van der Waals surface area contributed by atoms with Crippen LogP contribution in [0.15, 0.2) is 18.2 Å². The maximum atomic E-state index is 12.9. The first-order valence-corrected chi connectivity index (χ1v) is 7.61. The van der Waals surface area contributed by atoms with Gasteiger partial charge in [-0.3, -0.25) is 0 Å². The number of phenolic OH excluding ortho intramolecular Hbond substituents is 1. The van der Waals surface area contributed by atoms with Gasteiger partial charge in [-0.15, -0.1) is 0 Å². The summed E-state index contributed by atoms with van der Waals surface area (Å²) in [6.45, 7) is 3.45. The van der Waals surface area contributed by atoms with Crippen molar-refractivity contribution in [2.45, 2.75) is 44.2 Å². The standard InChI is InChI=1S/C16H20F3NO5/c1-14(2)24-8-15(9-25-14,20-13(22)23)6-5-10-3-4-12(21)11(7-10)16(17,18)19/h3-4,7,20-21H,5-6,8-9H2,1-2H3,(H,22,23). The molecule has 3 N–H and O–H groups in total. The Morgan fingerprint density at radius 3 is 2.40 bits per heavy atom. The first-order valence-electron chi connectivity index (χ1n) is 7.61. The average molecular weight is 363 g/mol. The van der Waals surface area contributed by atoms with Gasteiger partial charge in [0.2, 0.25) is 0 Å². The first-order chi connectivity index (χ1) is 11.4. The van der Waals surface area contributed by atoms with E-state index < -0.39 is 34.9 Å². The Labute approximate surface area is 142 Å². The van der Waals surface area contributed by atoms with Gasteiger partial charge in [-0.25, -0.2) is 4.79 Å². The highest BCUT2D eigenvalue weighted by Gasteiger charge is 2.41. The van der Waals surface area contributed by atoms with Gasteiger partial charge in [0.1, 0.15) is 5.75 Å². The van der Waals surface area contributed by atoms with E-state index in [-0.39, 0.29) is 26.1 Å². The maximum absolute atomic E-state index is 12.9. The lowest BCUT2D eigenvalue weighted by atomic mass is 9.91. The van der Waals surface area contributed by atoms with Gasteiger partial charge in [0.25, 0.3) is 0 Å². The molecule has 2 rings (SSSR count). The van der Waals surface area contributed by atoms with Crippen LogP contribution in [0, 0.1) is 0 Å². The number of carbonyl (C=O) groups is 1. The second kappa shape index (κ2) is 6.72. The van der Waals surface area contributed by atoms with Crippen LogP contribution in [-0.4, -0.2) is 40.8 Å². The fourth-order valence-corrected chi connectivity index (χ4v) is 2.56. The molecule has 1 aliphatic heterocycles. The zero-order valence-corrected chi connectivity index (χ0v) is 13.8. The number of benzene rings is 1. The zero-order valence-electron chi connectivity index (χ0n) is 13.8. The molecule has 25 heavy (non-hydrogen) atoms. The van der Waals surface area contributed by atoms with Crippen molar-refractivity contribution in [1.29, 1.82) is 0 Å². The molecule has 0 bridgehead atoms. The minimum Gasteiger partial charge on any atom is -0.507 e. The van der Waals surface area contributed by atoms with Gasteiger partial charge in [0.05, 0.1) is 24.3 Å². The predicted octanol–water partition coefficient (Wildman–Crippen LogP) is 3.13. The third-order valence-electron chi connectivity index (χ3n) is 4.02. The number of aromatic hydroxyl groups is 1. The molecule has 1 aromatic rings. The van der Waals surface area contributed by atoms with E-state index in [1.807, 2.05) is 0 Å². The molecule has 1 saturated heterocycles. The van der Waals surface area contributed by atoms with E-state index in [0.717, 1.165) is 12.1 Å². The number of amides is 1. The third kappa shape index (κ3) is 4.99. The first kappa shape index (κ1) is 19.3. The van der Waals surface area contributed by atoms with Crippen LogP contribution in [0.5, 0.6) is 5.75 Å². The number of phenols is 1. The highest BCUT2D eigenvalue weighted by molar-refractivity contribution is 5.65. The van der Waals surface area contributed by atoms with E-state index in [4.69, 9.17) is 14.6 Å². The van der Waals surface area contributed by atoms with Crippen LogP contribution in [0.3, 0.4) is 0 Å². The molecule has 1 fully saturated rings. The van der Waals surface area contributed by atoms with Gasteiger partial charge in [-0.05, 0) is 44.4 Å². The van der Waals surface area contributed by atoms with E-state index in [9.17, 15) is 23.1 Å². The second-order valence-corrected chi connectivity index (χ2v) is 6.54. The number of aryl methyl sites for hydroxylation is 1. The van der Waals surface area contributed by atoms with Crippen molar-refractivity contribution in [3.8, 4) is 5.75 Å². The summed E-state index contributed by atoms with van der Waals surface area (Å²) in [5, 5.41) is 20.8. The smallest absolute Gasteiger partial charge is 0.419 e. The number of ether oxygens (including phenoxy) is 2.